The highest BCUT2D eigenvalue weighted by atomic mass is 32.1. The summed E-state index contributed by atoms with van der Waals surface area (Å²) in [4.78, 5) is 12.5. The third-order valence-corrected chi connectivity index (χ3v) is 3.82. The molecular formula is C23H24O2S. The summed E-state index contributed by atoms with van der Waals surface area (Å²) >= 11 is 0. The molecule has 0 aromatic heterocycles. The van der Waals surface area contributed by atoms with E-state index in [1.54, 1.807) is 0 Å². The minimum absolute atomic E-state index is 0. The summed E-state index contributed by atoms with van der Waals surface area (Å²) in [5.41, 5.74) is 4.37. The standard InChI is InChI=1S/C23H22O2.H2S/c1-23(2,3)25-22(24)19-14-15-20(17-10-6-4-7-11-17)21(16-19)18-12-8-5-9-13-18;/h4-16H,1-3H3;1H2. The zero-order chi connectivity index (χ0) is 17.9. The molecule has 0 aliphatic heterocycles. The van der Waals surface area contributed by atoms with Crippen molar-refractivity contribution in [1.29, 1.82) is 0 Å². The van der Waals surface area contributed by atoms with Crippen LogP contribution in [-0.4, -0.2) is 11.6 Å². The smallest absolute Gasteiger partial charge is 0.338 e. The van der Waals surface area contributed by atoms with Gasteiger partial charge in [0.05, 0.1) is 5.56 Å². The summed E-state index contributed by atoms with van der Waals surface area (Å²) in [5.74, 6) is -0.302. The highest BCUT2D eigenvalue weighted by molar-refractivity contribution is 7.59. The molecule has 0 bridgehead atoms. The van der Waals surface area contributed by atoms with E-state index < -0.39 is 5.60 Å². The van der Waals surface area contributed by atoms with Gasteiger partial charge in [-0.15, -0.1) is 0 Å². The van der Waals surface area contributed by atoms with E-state index in [-0.39, 0.29) is 19.5 Å². The molecule has 0 spiro atoms. The van der Waals surface area contributed by atoms with Gasteiger partial charge in [0.15, 0.2) is 0 Å². The topological polar surface area (TPSA) is 26.3 Å². The van der Waals surface area contributed by atoms with Crippen molar-refractivity contribution in [2.24, 2.45) is 0 Å². The summed E-state index contributed by atoms with van der Waals surface area (Å²) in [7, 11) is 0. The van der Waals surface area contributed by atoms with Crippen LogP contribution in [-0.2, 0) is 4.74 Å². The van der Waals surface area contributed by atoms with E-state index in [1.165, 1.54) is 0 Å². The third-order valence-electron chi connectivity index (χ3n) is 3.82. The minimum atomic E-state index is -0.512. The maximum atomic E-state index is 12.5. The van der Waals surface area contributed by atoms with E-state index in [0.717, 1.165) is 22.3 Å². The van der Waals surface area contributed by atoms with Gasteiger partial charge in [-0.2, -0.15) is 13.5 Å². The Kier molecular flexibility index (Phi) is 6.27. The Hall–Kier alpha value is -2.52. The second kappa shape index (κ2) is 8.24. The SMILES string of the molecule is CC(C)(C)OC(=O)c1ccc(-c2ccccc2)c(-c2ccccc2)c1.S. The van der Waals surface area contributed by atoms with Crippen molar-refractivity contribution in [1.82, 2.24) is 0 Å². The first-order valence-electron chi connectivity index (χ1n) is 8.42. The van der Waals surface area contributed by atoms with Crippen molar-refractivity contribution in [2.75, 3.05) is 0 Å². The molecule has 0 radical (unpaired) electrons. The van der Waals surface area contributed by atoms with E-state index >= 15 is 0 Å². The Balaban J connectivity index is 0.00000243. The van der Waals surface area contributed by atoms with Crippen LogP contribution in [0, 0.1) is 0 Å². The molecule has 0 unspecified atom stereocenters. The zero-order valence-corrected chi connectivity index (χ0v) is 16.3. The summed E-state index contributed by atoms with van der Waals surface area (Å²) in [6.07, 6.45) is 0. The van der Waals surface area contributed by atoms with Crippen molar-refractivity contribution in [3.8, 4) is 22.3 Å². The number of ether oxygens (including phenoxy) is 1. The Morgan fingerprint density at radius 1 is 0.731 bits per heavy atom. The predicted molar refractivity (Wildman–Crippen MR) is 113 cm³/mol. The molecule has 0 aliphatic carbocycles. The third kappa shape index (κ3) is 4.77. The second-order valence-corrected chi connectivity index (χ2v) is 6.99. The maximum Gasteiger partial charge on any atom is 0.338 e. The molecule has 134 valence electrons. The summed E-state index contributed by atoms with van der Waals surface area (Å²) < 4.78 is 5.52. The monoisotopic (exact) mass is 364 g/mol. The van der Waals surface area contributed by atoms with Crippen molar-refractivity contribution in [3.63, 3.8) is 0 Å². The molecule has 3 rings (SSSR count). The molecule has 0 fully saturated rings. The van der Waals surface area contributed by atoms with Crippen molar-refractivity contribution in [2.45, 2.75) is 26.4 Å². The number of carbonyl (C=O) groups is 1. The van der Waals surface area contributed by atoms with Crippen molar-refractivity contribution < 1.29 is 9.53 Å². The van der Waals surface area contributed by atoms with Crippen LogP contribution < -0.4 is 0 Å². The number of benzene rings is 3. The molecule has 2 nitrogen and oxygen atoms in total. The molecule has 0 N–H and O–H groups in total. The zero-order valence-electron chi connectivity index (χ0n) is 15.3. The summed E-state index contributed by atoms with van der Waals surface area (Å²) in [6, 6.07) is 26.1. The van der Waals surface area contributed by atoms with E-state index in [1.807, 2.05) is 75.4 Å². The lowest BCUT2D eigenvalue weighted by Gasteiger charge is -2.20. The number of rotatable bonds is 3. The molecule has 0 amide bonds. The Labute approximate surface area is 162 Å². The van der Waals surface area contributed by atoms with Crippen LogP contribution in [0.1, 0.15) is 31.1 Å². The fraction of sp³-hybridized carbons (Fsp3) is 0.174. The number of esters is 1. The van der Waals surface area contributed by atoms with E-state index in [0.29, 0.717) is 5.56 Å². The average molecular weight is 365 g/mol. The van der Waals surface area contributed by atoms with Gasteiger partial charge in [-0.05, 0) is 55.2 Å². The minimum Gasteiger partial charge on any atom is -0.456 e. The number of carbonyl (C=O) groups excluding carboxylic acids is 1. The number of hydrogen-bond donors (Lipinski definition) is 0. The maximum absolute atomic E-state index is 12.5. The predicted octanol–water partition coefficient (Wildman–Crippen LogP) is 6.09. The van der Waals surface area contributed by atoms with Crippen LogP contribution in [0.25, 0.3) is 22.3 Å². The molecule has 0 saturated carbocycles. The summed E-state index contributed by atoms with van der Waals surface area (Å²) in [5, 5.41) is 0. The van der Waals surface area contributed by atoms with Crippen molar-refractivity contribution >= 4 is 19.5 Å². The van der Waals surface area contributed by atoms with Crippen molar-refractivity contribution in [3.05, 3.63) is 84.4 Å². The van der Waals surface area contributed by atoms with Gasteiger partial charge in [0.2, 0.25) is 0 Å². The molecule has 3 aromatic carbocycles. The fourth-order valence-electron chi connectivity index (χ4n) is 2.73. The van der Waals surface area contributed by atoms with Gasteiger partial charge >= 0.3 is 5.97 Å². The lowest BCUT2D eigenvalue weighted by atomic mass is 9.93. The molecule has 0 heterocycles. The van der Waals surface area contributed by atoms with E-state index in [4.69, 9.17) is 4.74 Å². The van der Waals surface area contributed by atoms with E-state index in [2.05, 4.69) is 24.3 Å². The highest BCUT2D eigenvalue weighted by Gasteiger charge is 2.19. The van der Waals surface area contributed by atoms with Gasteiger partial charge in [0, 0.05) is 0 Å². The lowest BCUT2D eigenvalue weighted by Crippen LogP contribution is -2.23. The molecule has 0 aliphatic rings. The van der Waals surface area contributed by atoms with Gasteiger partial charge in [-0.1, -0.05) is 66.7 Å². The van der Waals surface area contributed by atoms with Gasteiger partial charge in [0.1, 0.15) is 5.60 Å². The molecule has 3 heteroatoms. The van der Waals surface area contributed by atoms with Crippen LogP contribution in [0.5, 0.6) is 0 Å². The van der Waals surface area contributed by atoms with Gasteiger partial charge in [0.25, 0.3) is 0 Å². The van der Waals surface area contributed by atoms with E-state index in [9.17, 15) is 4.79 Å². The van der Waals surface area contributed by atoms with Crippen LogP contribution in [0.4, 0.5) is 0 Å². The average Bonchev–Trinajstić information content (AvgIpc) is 2.61. The Bertz CT molecular complexity index is 866. The first kappa shape index (κ1) is 19.8. The molecule has 3 aromatic rings. The molecule has 0 saturated heterocycles. The molecule has 26 heavy (non-hydrogen) atoms. The number of hydrogen-bond acceptors (Lipinski definition) is 2. The quantitative estimate of drug-likeness (QED) is 0.526. The first-order valence-corrected chi connectivity index (χ1v) is 8.42. The Morgan fingerprint density at radius 3 is 1.73 bits per heavy atom. The first-order chi connectivity index (χ1) is 11.9. The largest absolute Gasteiger partial charge is 0.456 e. The molecule has 0 atom stereocenters. The van der Waals surface area contributed by atoms with Gasteiger partial charge in [-0.3, -0.25) is 0 Å². The van der Waals surface area contributed by atoms with Gasteiger partial charge < -0.3 is 4.74 Å². The van der Waals surface area contributed by atoms with Crippen LogP contribution in [0.3, 0.4) is 0 Å². The van der Waals surface area contributed by atoms with Gasteiger partial charge in [-0.25, -0.2) is 4.79 Å². The van der Waals surface area contributed by atoms with Crippen LogP contribution in [0.15, 0.2) is 78.9 Å². The lowest BCUT2D eigenvalue weighted by molar-refractivity contribution is 0.00696. The fourth-order valence-corrected chi connectivity index (χ4v) is 2.73. The summed E-state index contributed by atoms with van der Waals surface area (Å²) in [6.45, 7) is 5.63. The Morgan fingerprint density at radius 2 is 1.23 bits per heavy atom. The second-order valence-electron chi connectivity index (χ2n) is 6.99. The highest BCUT2D eigenvalue weighted by Crippen LogP contribution is 2.33. The van der Waals surface area contributed by atoms with Crippen LogP contribution in [0.2, 0.25) is 0 Å². The molecular weight excluding hydrogens is 340 g/mol. The normalized spacial score (nSPS) is 10.7. The van der Waals surface area contributed by atoms with Crippen LogP contribution >= 0.6 is 13.5 Å².